The highest BCUT2D eigenvalue weighted by molar-refractivity contribution is 7.07. The third-order valence-corrected chi connectivity index (χ3v) is 3.61. The lowest BCUT2D eigenvalue weighted by Crippen LogP contribution is -2.17. The molecule has 96 valence electrons. The summed E-state index contributed by atoms with van der Waals surface area (Å²) in [5.41, 5.74) is 10.4. The summed E-state index contributed by atoms with van der Waals surface area (Å²) in [6, 6.07) is 9.82. The molecule has 0 aliphatic carbocycles. The van der Waals surface area contributed by atoms with Crippen molar-refractivity contribution in [3.05, 3.63) is 46.9 Å². The number of nitrogens with two attached hydrogens (primary N) is 1. The van der Waals surface area contributed by atoms with Gasteiger partial charge in [0.2, 0.25) is 0 Å². The maximum Gasteiger partial charge on any atom is 0.129 e. The molecule has 3 aromatic rings. The molecule has 2 N–H and O–H groups in total. The standard InChI is InChI=1S/C14H14N4S/c1-18(7-12-8-19-9-16-12)14-5-2-10-6-11(15)3-4-13(10)17-14/h2-6,8-9H,7,15H2,1H3. The van der Waals surface area contributed by atoms with E-state index in [1.165, 1.54) is 0 Å². The fourth-order valence-corrected chi connectivity index (χ4v) is 2.54. The Balaban J connectivity index is 1.90. The first-order valence-corrected chi connectivity index (χ1v) is 6.91. The zero-order chi connectivity index (χ0) is 13.2. The number of fused-ring (bicyclic) bond motifs is 1. The highest BCUT2D eigenvalue weighted by Crippen LogP contribution is 2.20. The Kier molecular flexibility index (Phi) is 3.05. The number of rotatable bonds is 3. The maximum absolute atomic E-state index is 5.77. The van der Waals surface area contributed by atoms with Crippen LogP contribution in [0.2, 0.25) is 0 Å². The molecule has 1 aromatic carbocycles. The Hall–Kier alpha value is -2.14. The van der Waals surface area contributed by atoms with Gasteiger partial charge in [-0.2, -0.15) is 0 Å². The predicted octanol–water partition coefficient (Wildman–Crippen LogP) is 2.91. The molecule has 0 bridgehead atoms. The molecule has 3 rings (SSSR count). The summed E-state index contributed by atoms with van der Waals surface area (Å²) in [6.07, 6.45) is 0. The van der Waals surface area contributed by atoms with Crippen LogP contribution in [0.4, 0.5) is 11.5 Å². The lowest BCUT2D eigenvalue weighted by molar-refractivity contribution is 0.878. The number of nitrogen functional groups attached to an aromatic ring is 1. The van der Waals surface area contributed by atoms with Crippen molar-refractivity contribution in [2.75, 3.05) is 17.7 Å². The van der Waals surface area contributed by atoms with Crippen LogP contribution in [0.3, 0.4) is 0 Å². The molecule has 0 saturated carbocycles. The Labute approximate surface area is 115 Å². The quantitative estimate of drug-likeness (QED) is 0.743. The van der Waals surface area contributed by atoms with Crippen LogP contribution in [-0.4, -0.2) is 17.0 Å². The van der Waals surface area contributed by atoms with Gasteiger partial charge >= 0.3 is 0 Å². The molecule has 4 nitrogen and oxygen atoms in total. The number of hydrogen-bond donors (Lipinski definition) is 1. The molecular weight excluding hydrogens is 256 g/mol. The van der Waals surface area contributed by atoms with E-state index in [4.69, 9.17) is 5.73 Å². The zero-order valence-electron chi connectivity index (χ0n) is 10.6. The van der Waals surface area contributed by atoms with Crippen molar-refractivity contribution in [2.24, 2.45) is 0 Å². The van der Waals surface area contributed by atoms with Crippen molar-refractivity contribution in [3.63, 3.8) is 0 Å². The first-order chi connectivity index (χ1) is 9.22. The number of nitrogens with zero attached hydrogens (tertiary/aromatic N) is 3. The van der Waals surface area contributed by atoms with E-state index in [-0.39, 0.29) is 0 Å². The van der Waals surface area contributed by atoms with Crippen molar-refractivity contribution >= 4 is 33.7 Å². The second-order valence-corrected chi connectivity index (χ2v) is 5.18. The molecule has 0 fully saturated rings. The highest BCUT2D eigenvalue weighted by atomic mass is 32.1. The Morgan fingerprint density at radius 3 is 2.95 bits per heavy atom. The van der Waals surface area contributed by atoms with Crippen LogP contribution < -0.4 is 10.6 Å². The molecular formula is C14H14N4S. The van der Waals surface area contributed by atoms with E-state index < -0.39 is 0 Å². The van der Waals surface area contributed by atoms with Crippen LogP contribution >= 0.6 is 11.3 Å². The molecule has 0 unspecified atom stereocenters. The third kappa shape index (κ3) is 2.51. The Bertz CT molecular complexity index is 694. The van der Waals surface area contributed by atoms with E-state index in [0.717, 1.165) is 34.6 Å². The third-order valence-electron chi connectivity index (χ3n) is 2.97. The van der Waals surface area contributed by atoms with Crippen molar-refractivity contribution < 1.29 is 0 Å². The summed E-state index contributed by atoms with van der Waals surface area (Å²) in [5, 5.41) is 3.11. The summed E-state index contributed by atoms with van der Waals surface area (Å²) in [5.74, 6) is 0.935. The minimum atomic E-state index is 0.761. The van der Waals surface area contributed by atoms with Gasteiger partial charge in [0, 0.05) is 23.5 Å². The first-order valence-electron chi connectivity index (χ1n) is 5.97. The number of thiazole rings is 1. The average Bonchev–Trinajstić information content (AvgIpc) is 2.91. The number of hydrogen-bond acceptors (Lipinski definition) is 5. The van der Waals surface area contributed by atoms with Gasteiger partial charge in [-0.3, -0.25) is 0 Å². The van der Waals surface area contributed by atoms with Gasteiger partial charge in [-0.25, -0.2) is 9.97 Å². The van der Waals surface area contributed by atoms with E-state index >= 15 is 0 Å². The van der Waals surface area contributed by atoms with Gasteiger partial charge < -0.3 is 10.6 Å². The molecule has 2 aromatic heterocycles. The highest BCUT2D eigenvalue weighted by Gasteiger charge is 2.06. The molecule has 0 atom stereocenters. The molecule has 2 heterocycles. The van der Waals surface area contributed by atoms with Crippen molar-refractivity contribution in [1.29, 1.82) is 0 Å². The monoisotopic (exact) mass is 270 g/mol. The van der Waals surface area contributed by atoms with Crippen molar-refractivity contribution in [3.8, 4) is 0 Å². The minimum Gasteiger partial charge on any atom is -0.399 e. The summed E-state index contributed by atoms with van der Waals surface area (Å²) >= 11 is 1.61. The van der Waals surface area contributed by atoms with E-state index in [1.807, 2.05) is 42.9 Å². The zero-order valence-corrected chi connectivity index (χ0v) is 11.4. The van der Waals surface area contributed by atoms with Crippen LogP contribution in [0.1, 0.15) is 5.69 Å². The average molecular weight is 270 g/mol. The molecule has 0 spiro atoms. The number of anilines is 2. The molecule has 19 heavy (non-hydrogen) atoms. The molecule has 0 aliphatic heterocycles. The summed E-state index contributed by atoms with van der Waals surface area (Å²) in [4.78, 5) is 11.0. The van der Waals surface area contributed by atoms with Gasteiger partial charge in [-0.1, -0.05) is 0 Å². The van der Waals surface area contributed by atoms with Crippen LogP contribution in [0.15, 0.2) is 41.2 Å². The number of benzene rings is 1. The van der Waals surface area contributed by atoms with Crippen LogP contribution in [0.25, 0.3) is 10.9 Å². The lowest BCUT2D eigenvalue weighted by Gasteiger charge is -2.17. The summed E-state index contributed by atoms with van der Waals surface area (Å²) in [7, 11) is 2.02. The molecule has 0 radical (unpaired) electrons. The normalized spacial score (nSPS) is 10.8. The van der Waals surface area contributed by atoms with Gasteiger partial charge in [-0.05, 0) is 30.3 Å². The Morgan fingerprint density at radius 2 is 2.16 bits per heavy atom. The van der Waals surface area contributed by atoms with Crippen LogP contribution in [0.5, 0.6) is 0 Å². The van der Waals surface area contributed by atoms with Crippen molar-refractivity contribution in [2.45, 2.75) is 6.54 Å². The maximum atomic E-state index is 5.77. The van der Waals surface area contributed by atoms with Crippen LogP contribution in [-0.2, 0) is 6.54 Å². The SMILES string of the molecule is CN(Cc1cscn1)c1ccc2cc(N)ccc2n1. The number of aromatic nitrogens is 2. The summed E-state index contributed by atoms with van der Waals surface area (Å²) in [6.45, 7) is 0.761. The largest absolute Gasteiger partial charge is 0.399 e. The Morgan fingerprint density at radius 1 is 1.26 bits per heavy atom. The van der Waals surface area contributed by atoms with E-state index in [9.17, 15) is 0 Å². The second kappa shape index (κ2) is 4.85. The minimum absolute atomic E-state index is 0.761. The number of pyridine rings is 1. The topological polar surface area (TPSA) is 55.0 Å². The molecule has 0 saturated heterocycles. The lowest BCUT2D eigenvalue weighted by atomic mass is 10.2. The fourth-order valence-electron chi connectivity index (χ4n) is 1.99. The van der Waals surface area contributed by atoms with E-state index in [2.05, 4.69) is 20.2 Å². The van der Waals surface area contributed by atoms with Gasteiger partial charge in [0.05, 0.1) is 23.3 Å². The predicted molar refractivity (Wildman–Crippen MR) is 80.4 cm³/mol. The van der Waals surface area contributed by atoms with E-state index in [1.54, 1.807) is 11.3 Å². The molecule has 0 aliphatic rings. The first kappa shape index (κ1) is 11.9. The van der Waals surface area contributed by atoms with Gasteiger partial charge in [0.1, 0.15) is 5.82 Å². The summed E-state index contributed by atoms with van der Waals surface area (Å²) < 4.78 is 0. The smallest absolute Gasteiger partial charge is 0.129 e. The van der Waals surface area contributed by atoms with E-state index in [0.29, 0.717) is 0 Å². The van der Waals surface area contributed by atoms with Crippen LogP contribution in [0, 0.1) is 0 Å². The fraction of sp³-hybridized carbons (Fsp3) is 0.143. The molecule has 0 amide bonds. The van der Waals surface area contributed by atoms with Gasteiger partial charge in [0.15, 0.2) is 0 Å². The second-order valence-electron chi connectivity index (χ2n) is 4.46. The molecule has 5 heteroatoms. The van der Waals surface area contributed by atoms with Crippen molar-refractivity contribution in [1.82, 2.24) is 9.97 Å². The van der Waals surface area contributed by atoms with Gasteiger partial charge in [0.25, 0.3) is 0 Å². The van der Waals surface area contributed by atoms with Gasteiger partial charge in [-0.15, -0.1) is 11.3 Å².